The van der Waals surface area contributed by atoms with Gasteiger partial charge >= 0.3 is 6.03 Å². The minimum atomic E-state index is 0.153. The fourth-order valence-corrected chi connectivity index (χ4v) is 5.95. The van der Waals surface area contributed by atoms with Crippen LogP contribution in [-0.2, 0) is 0 Å². The number of anilines is 2. The molecule has 2 atom stereocenters. The van der Waals surface area contributed by atoms with E-state index in [-0.39, 0.29) is 12.1 Å². The normalized spacial score (nSPS) is 21.2. The molecule has 2 unspecified atom stereocenters. The maximum absolute atomic E-state index is 13.3. The van der Waals surface area contributed by atoms with Gasteiger partial charge in [0.2, 0.25) is 0 Å². The molecular weight excluding hydrogens is 470 g/mol. The van der Waals surface area contributed by atoms with Gasteiger partial charge in [0.15, 0.2) is 0 Å². The van der Waals surface area contributed by atoms with Crippen molar-refractivity contribution in [1.82, 2.24) is 29.7 Å². The molecule has 0 spiro atoms. The fourth-order valence-electron chi connectivity index (χ4n) is 5.23. The number of nitrogens with one attached hydrogen (secondary N) is 2. The van der Waals surface area contributed by atoms with Crippen LogP contribution in [0.5, 0.6) is 0 Å². The molecule has 8 nitrogen and oxygen atoms in total. The van der Waals surface area contributed by atoms with E-state index in [1.807, 2.05) is 33.6 Å². The molecule has 0 aliphatic carbocycles. The van der Waals surface area contributed by atoms with Crippen molar-refractivity contribution in [3.8, 4) is 0 Å². The second-order valence-corrected chi connectivity index (χ2v) is 10.8. The molecule has 4 aromatic rings. The van der Waals surface area contributed by atoms with Gasteiger partial charge in [-0.2, -0.15) is 0 Å². The third-order valence-electron chi connectivity index (χ3n) is 7.51. The van der Waals surface area contributed by atoms with Crippen LogP contribution >= 0.6 is 11.3 Å². The van der Waals surface area contributed by atoms with Gasteiger partial charge in [-0.05, 0) is 63.2 Å². The Bertz CT molecular complexity index is 1460. The molecule has 1 saturated heterocycles. The third kappa shape index (κ3) is 4.22. The second-order valence-electron chi connectivity index (χ2n) is 9.96. The van der Waals surface area contributed by atoms with Crippen molar-refractivity contribution in [3.63, 3.8) is 0 Å². The van der Waals surface area contributed by atoms with E-state index >= 15 is 0 Å². The number of nitrogens with zero attached hydrogens (tertiary/aromatic N) is 5. The number of aromatic amines is 1. The van der Waals surface area contributed by atoms with Crippen molar-refractivity contribution >= 4 is 55.6 Å². The fraction of sp³-hybridized carbons (Fsp3) is 0.370. The van der Waals surface area contributed by atoms with Crippen molar-refractivity contribution in [3.05, 3.63) is 53.8 Å². The molecule has 0 bridgehead atoms. The number of hydrogen-bond donors (Lipinski definition) is 2. The molecule has 9 heteroatoms. The number of pyridine rings is 1. The summed E-state index contributed by atoms with van der Waals surface area (Å²) in [6, 6.07) is 11.2. The lowest BCUT2D eigenvalue weighted by atomic mass is 10.0. The Morgan fingerprint density at radius 2 is 2.03 bits per heavy atom. The molecule has 1 fully saturated rings. The number of thiazole rings is 1. The predicted octanol–water partition coefficient (Wildman–Crippen LogP) is 5.15. The van der Waals surface area contributed by atoms with E-state index in [0.29, 0.717) is 12.6 Å². The van der Waals surface area contributed by atoms with Gasteiger partial charge in [-0.15, -0.1) is 11.3 Å². The maximum atomic E-state index is 13.3. The van der Waals surface area contributed by atoms with Crippen molar-refractivity contribution in [2.45, 2.75) is 32.4 Å². The van der Waals surface area contributed by atoms with Gasteiger partial charge in [-0.1, -0.05) is 6.08 Å². The molecule has 3 aromatic heterocycles. The zero-order valence-corrected chi connectivity index (χ0v) is 21.7. The molecule has 2 N–H and O–H groups in total. The molecule has 0 saturated carbocycles. The lowest BCUT2D eigenvalue weighted by Gasteiger charge is -2.44. The highest BCUT2D eigenvalue weighted by molar-refractivity contribution is 7.16. The zero-order chi connectivity index (χ0) is 24.8. The first-order chi connectivity index (χ1) is 17.5. The molecule has 0 radical (unpaired) electrons. The first-order valence-corrected chi connectivity index (χ1v) is 13.4. The minimum Gasteiger partial charge on any atom is -0.355 e. The van der Waals surface area contributed by atoms with Crippen molar-refractivity contribution in [2.24, 2.45) is 0 Å². The van der Waals surface area contributed by atoms with E-state index in [9.17, 15) is 4.79 Å². The largest absolute Gasteiger partial charge is 0.355 e. The molecule has 36 heavy (non-hydrogen) atoms. The van der Waals surface area contributed by atoms with Gasteiger partial charge in [0.05, 0.1) is 21.4 Å². The molecule has 186 valence electrons. The van der Waals surface area contributed by atoms with E-state index in [0.717, 1.165) is 64.4 Å². The summed E-state index contributed by atoms with van der Waals surface area (Å²) in [7, 11) is 2.13. The van der Waals surface area contributed by atoms with Gasteiger partial charge in [-0.25, -0.2) is 14.8 Å². The third-order valence-corrected chi connectivity index (χ3v) is 8.30. The average molecular weight is 502 g/mol. The number of piperazine rings is 1. The highest BCUT2D eigenvalue weighted by Gasteiger charge is 2.33. The van der Waals surface area contributed by atoms with E-state index in [1.165, 1.54) is 5.57 Å². The predicted molar refractivity (Wildman–Crippen MR) is 147 cm³/mol. The van der Waals surface area contributed by atoms with Crippen LogP contribution in [0.3, 0.4) is 0 Å². The molecule has 2 amide bonds. The standard InChI is InChI=1S/C27H31N7OS/c1-17-15-34(18(2)14-32(17)3)27(35)33-10-7-19(8-11-33)24-13-21-22(6-9-28-26(21)31-24)30-20-4-5-23-25(12-20)36-16-29-23/h4-7,9,12-13,16-18H,8,10-11,14-15H2,1-3H3,(H2,28,30,31). The molecule has 1 aromatic carbocycles. The summed E-state index contributed by atoms with van der Waals surface area (Å²) in [5.74, 6) is 0. The van der Waals surface area contributed by atoms with Crippen LogP contribution in [0.25, 0.3) is 26.8 Å². The molecular formula is C27H31N7OS. The summed E-state index contributed by atoms with van der Waals surface area (Å²) in [5.41, 5.74) is 8.08. The number of H-pyrrole nitrogens is 1. The zero-order valence-electron chi connectivity index (χ0n) is 20.9. The first-order valence-electron chi connectivity index (χ1n) is 12.5. The van der Waals surface area contributed by atoms with Crippen LogP contribution in [0.2, 0.25) is 0 Å². The summed E-state index contributed by atoms with van der Waals surface area (Å²) in [6.45, 7) is 7.38. The number of fused-ring (bicyclic) bond motifs is 2. The van der Waals surface area contributed by atoms with Gasteiger partial charge in [0, 0.05) is 61.2 Å². The lowest BCUT2D eigenvalue weighted by Crippen LogP contribution is -2.59. The van der Waals surface area contributed by atoms with Crippen molar-refractivity contribution < 1.29 is 4.79 Å². The molecule has 6 rings (SSSR count). The Kier molecular flexibility index (Phi) is 5.89. The number of urea groups is 1. The van der Waals surface area contributed by atoms with E-state index < -0.39 is 0 Å². The second kappa shape index (κ2) is 9.22. The number of rotatable bonds is 3. The number of benzene rings is 1. The maximum Gasteiger partial charge on any atom is 0.320 e. The first kappa shape index (κ1) is 23.0. The molecule has 2 aliphatic heterocycles. The Labute approximate surface area is 214 Å². The van der Waals surface area contributed by atoms with Crippen LogP contribution in [0.15, 0.2) is 48.1 Å². The number of carbonyl (C=O) groups is 1. The van der Waals surface area contributed by atoms with E-state index in [1.54, 1.807) is 11.3 Å². The van der Waals surface area contributed by atoms with E-state index in [2.05, 4.69) is 70.3 Å². The number of aromatic nitrogens is 3. The SMILES string of the molecule is CC1CN(C(=O)N2CC=C(c3cc4c(Nc5ccc6ncsc6c5)ccnc4[nH]3)CC2)C(C)CN1C. The summed E-state index contributed by atoms with van der Waals surface area (Å²) in [4.78, 5) is 32.0. The monoisotopic (exact) mass is 501 g/mol. The number of hydrogen-bond acceptors (Lipinski definition) is 6. The quantitative estimate of drug-likeness (QED) is 0.406. The van der Waals surface area contributed by atoms with E-state index in [4.69, 9.17) is 0 Å². The minimum absolute atomic E-state index is 0.153. The van der Waals surface area contributed by atoms with Crippen LogP contribution in [-0.4, -0.2) is 81.0 Å². The van der Waals surface area contributed by atoms with Crippen molar-refractivity contribution in [1.29, 1.82) is 0 Å². The van der Waals surface area contributed by atoms with Crippen molar-refractivity contribution in [2.75, 3.05) is 38.5 Å². The van der Waals surface area contributed by atoms with Crippen LogP contribution in [0.1, 0.15) is 26.0 Å². The number of carbonyl (C=O) groups excluding carboxylic acids is 1. The van der Waals surface area contributed by atoms with Gasteiger partial charge in [-0.3, -0.25) is 4.90 Å². The smallest absolute Gasteiger partial charge is 0.320 e. The Morgan fingerprint density at radius 1 is 1.14 bits per heavy atom. The highest BCUT2D eigenvalue weighted by atomic mass is 32.1. The lowest BCUT2D eigenvalue weighted by molar-refractivity contribution is 0.0650. The van der Waals surface area contributed by atoms with Gasteiger partial charge < -0.3 is 20.1 Å². The topological polar surface area (TPSA) is 80.4 Å². The number of amides is 2. The van der Waals surface area contributed by atoms with Crippen LogP contribution in [0.4, 0.5) is 16.2 Å². The Morgan fingerprint density at radius 3 is 2.86 bits per heavy atom. The van der Waals surface area contributed by atoms with Crippen LogP contribution in [0, 0.1) is 0 Å². The molecule has 5 heterocycles. The van der Waals surface area contributed by atoms with Gasteiger partial charge in [0.1, 0.15) is 5.65 Å². The van der Waals surface area contributed by atoms with Crippen LogP contribution < -0.4 is 5.32 Å². The Balaban J connectivity index is 1.19. The summed E-state index contributed by atoms with van der Waals surface area (Å²) in [5, 5.41) is 4.60. The molecule has 2 aliphatic rings. The average Bonchev–Trinajstić information content (AvgIpc) is 3.53. The summed E-state index contributed by atoms with van der Waals surface area (Å²) in [6.07, 6.45) is 4.83. The summed E-state index contributed by atoms with van der Waals surface area (Å²) < 4.78 is 1.16. The Hall–Kier alpha value is -3.43. The van der Waals surface area contributed by atoms with Gasteiger partial charge in [0.25, 0.3) is 0 Å². The highest BCUT2D eigenvalue weighted by Crippen LogP contribution is 2.32. The summed E-state index contributed by atoms with van der Waals surface area (Å²) >= 11 is 1.64. The number of likely N-dealkylation sites (N-methyl/N-ethyl adjacent to an activating group) is 1.